The van der Waals surface area contributed by atoms with Gasteiger partial charge in [-0.15, -0.1) is 11.3 Å². The van der Waals surface area contributed by atoms with Gasteiger partial charge in [0.25, 0.3) is 0 Å². The molecule has 1 aromatic rings. The second kappa shape index (κ2) is 3.79. The first-order chi connectivity index (χ1) is 4.77. The van der Waals surface area contributed by atoms with Gasteiger partial charge in [-0.25, -0.2) is 0 Å². The highest BCUT2D eigenvalue weighted by Crippen LogP contribution is 2.28. The van der Waals surface area contributed by atoms with Gasteiger partial charge >= 0.3 is 0 Å². The minimum absolute atomic E-state index is 0.839. The molecule has 0 nitrogen and oxygen atoms in total. The molecule has 0 N–H and O–H groups in total. The van der Waals surface area contributed by atoms with Crippen LogP contribution in [0.2, 0.25) is 0 Å². The molecule has 1 aromatic heterocycles. The second-order valence-corrected chi connectivity index (χ2v) is 4.39. The fourth-order valence-electron chi connectivity index (χ4n) is 0.740. The molecule has 0 spiro atoms. The molecule has 0 aliphatic carbocycles. The van der Waals surface area contributed by atoms with Crippen molar-refractivity contribution in [3.8, 4) is 0 Å². The number of halogens is 1. The molecule has 10 heavy (non-hydrogen) atoms. The van der Waals surface area contributed by atoms with Crippen LogP contribution in [0.3, 0.4) is 0 Å². The molecule has 0 aromatic carbocycles. The van der Waals surface area contributed by atoms with E-state index in [4.69, 9.17) is 0 Å². The third kappa shape index (κ3) is 1.77. The lowest BCUT2D eigenvalue weighted by atomic mass is 10.4. The number of aryl methyl sites for hydroxylation is 1. The Labute approximate surface area is 79.2 Å². The van der Waals surface area contributed by atoms with Crippen LogP contribution in [-0.4, -0.2) is 0 Å². The van der Waals surface area contributed by atoms with Gasteiger partial charge in [0.05, 0.1) is 0 Å². The van der Waals surface area contributed by atoms with Gasteiger partial charge < -0.3 is 0 Å². The van der Waals surface area contributed by atoms with Crippen LogP contribution >= 0.6 is 39.9 Å². The van der Waals surface area contributed by atoms with Crippen LogP contribution < -0.4 is 0 Å². The van der Waals surface area contributed by atoms with E-state index in [2.05, 4.69) is 41.5 Å². The van der Waals surface area contributed by atoms with E-state index in [1.807, 2.05) is 11.3 Å². The molecule has 56 valence electrons. The number of hydrogen-bond donors (Lipinski definition) is 1. The third-order valence-corrected chi connectivity index (χ3v) is 4.08. The standard InChI is InChI=1S/C7H9BrS2/c1-2-5-3-6(8)7(4-9)10-5/h3,9H,2,4H2,1H3. The first kappa shape index (κ1) is 8.62. The molecule has 0 amide bonds. The fourth-order valence-corrected chi connectivity index (χ4v) is 2.99. The Morgan fingerprint density at radius 2 is 2.40 bits per heavy atom. The molecule has 1 rings (SSSR count). The normalized spacial score (nSPS) is 10.3. The van der Waals surface area contributed by atoms with E-state index in [0.717, 1.165) is 12.2 Å². The summed E-state index contributed by atoms with van der Waals surface area (Å²) in [4.78, 5) is 2.76. The van der Waals surface area contributed by atoms with Crippen molar-refractivity contribution in [1.29, 1.82) is 0 Å². The summed E-state index contributed by atoms with van der Waals surface area (Å²) in [5.74, 6) is 0.839. The predicted molar refractivity (Wildman–Crippen MR) is 54.1 cm³/mol. The fraction of sp³-hybridized carbons (Fsp3) is 0.429. The van der Waals surface area contributed by atoms with Gasteiger partial charge in [0.1, 0.15) is 0 Å². The number of thiophene rings is 1. The summed E-state index contributed by atoms with van der Waals surface area (Å²) in [5.41, 5.74) is 0. The van der Waals surface area contributed by atoms with Crippen LogP contribution in [0, 0.1) is 0 Å². The zero-order valence-electron chi connectivity index (χ0n) is 5.72. The highest BCUT2D eigenvalue weighted by atomic mass is 79.9. The third-order valence-electron chi connectivity index (χ3n) is 1.30. The van der Waals surface area contributed by atoms with Crippen LogP contribution in [0.4, 0.5) is 0 Å². The number of rotatable bonds is 2. The zero-order valence-corrected chi connectivity index (χ0v) is 9.02. The van der Waals surface area contributed by atoms with E-state index in [1.165, 1.54) is 14.2 Å². The average Bonchev–Trinajstić information content (AvgIpc) is 2.30. The lowest BCUT2D eigenvalue weighted by Crippen LogP contribution is -1.65. The molecule has 0 atom stereocenters. The summed E-state index contributed by atoms with van der Waals surface area (Å²) >= 11 is 9.53. The van der Waals surface area contributed by atoms with Gasteiger partial charge in [-0.1, -0.05) is 6.92 Å². The molecule has 0 unspecified atom stereocenters. The van der Waals surface area contributed by atoms with Crippen molar-refractivity contribution in [3.05, 3.63) is 20.3 Å². The maximum absolute atomic E-state index is 4.21. The Morgan fingerprint density at radius 3 is 2.70 bits per heavy atom. The Morgan fingerprint density at radius 1 is 1.70 bits per heavy atom. The Kier molecular flexibility index (Phi) is 3.27. The second-order valence-electron chi connectivity index (χ2n) is 2.00. The molecule has 1 heterocycles. The Bertz CT molecular complexity index is 217. The minimum atomic E-state index is 0.839. The van der Waals surface area contributed by atoms with Crippen molar-refractivity contribution in [3.63, 3.8) is 0 Å². The highest BCUT2D eigenvalue weighted by molar-refractivity contribution is 9.10. The highest BCUT2D eigenvalue weighted by Gasteiger charge is 2.02. The van der Waals surface area contributed by atoms with Crippen molar-refractivity contribution < 1.29 is 0 Å². The Hall–Kier alpha value is 0.530. The lowest BCUT2D eigenvalue weighted by molar-refractivity contribution is 1.18. The summed E-state index contributed by atoms with van der Waals surface area (Å²) in [7, 11) is 0. The smallest absolute Gasteiger partial charge is 0.0325 e. The van der Waals surface area contributed by atoms with Gasteiger partial charge in [0.2, 0.25) is 0 Å². The summed E-state index contributed by atoms with van der Waals surface area (Å²) in [6.07, 6.45) is 1.12. The summed E-state index contributed by atoms with van der Waals surface area (Å²) < 4.78 is 1.21. The quantitative estimate of drug-likeness (QED) is 0.748. The summed E-state index contributed by atoms with van der Waals surface area (Å²) in [5, 5.41) is 0. The van der Waals surface area contributed by atoms with Gasteiger partial charge in [0.15, 0.2) is 0 Å². The van der Waals surface area contributed by atoms with Crippen LogP contribution in [0.5, 0.6) is 0 Å². The topological polar surface area (TPSA) is 0 Å². The molecule has 0 aliphatic rings. The summed E-state index contributed by atoms with van der Waals surface area (Å²) in [6, 6.07) is 2.18. The first-order valence-electron chi connectivity index (χ1n) is 3.16. The zero-order chi connectivity index (χ0) is 7.56. The predicted octanol–water partition coefficient (Wildman–Crippen LogP) is 3.50. The molecular formula is C7H9BrS2. The van der Waals surface area contributed by atoms with Crippen LogP contribution in [0.1, 0.15) is 16.7 Å². The van der Waals surface area contributed by atoms with Gasteiger partial charge in [-0.3, -0.25) is 0 Å². The van der Waals surface area contributed by atoms with Crippen LogP contribution in [-0.2, 0) is 12.2 Å². The van der Waals surface area contributed by atoms with Crippen LogP contribution in [0.25, 0.3) is 0 Å². The largest absolute Gasteiger partial charge is 0.174 e. The molecule has 0 aliphatic heterocycles. The average molecular weight is 237 g/mol. The van der Waals surface area contributed by atoms with E-state index in [9.17, 15) is 0 Å². The van der Waals surface area contributed by atoms with E-state index in [-0.39, 0.29) is 0 Å². The maximum Gasteiger partial charge on any atom is 0.0325 e. The van der Waals surface area contributed by atoms with Gasteiger partial charge in [-0.2, -0.15) is 12.6 Å². The van der Waals surface area contributed by atoms with Gasteiger partial charge in [0, 0.05) is 20.0 Å². The number of thiol groups is 1. The van der Waals surface area contributed by atoms with E-state index < -0.39 is 0 Å². The van der Waals surface area contributed by atoms with E-state index in [1.54, 1.807) is 0 Å². The van der Waals surface area contributed by atoms with Crippen LogP contribution in [0.15, 0.2) is 10.5 Å². The van der Waals surface area contributed by atoms with Crippen molar-refractivity contribution in [2.75, 3.05) is 0 Å². The lowest BCUT2D eigenvalue weighted by Gasteiger charge is -1.86. The van der Waals surface area contributed by atoms with Crippen molar-refractivity contribution in [1.82, 2.24) is 0 Å². The van der Waals surface area contributed by atoms with Crippen molar-refractivity contribution in [2.24, 2.45) is 0 Å². The molecule has 0 bridgehead atoms. The SMILES string of the molecule is CCc1cc(Br)c(CS)s1. The molecule has 0 fully saturated rings. The minimum Gasteiger partial charge on any atom is -0.174 e. The molecule has 3 heteroatoms. The van der Waals surface area contributed by atoms with Gasteiger partial charge in [-0.05, 0) is 28.4 Å². The monoisotopic (exact) mass is 236 g/mol. The van der Waals surface area contributed by atoms with E-state index >= 15 is 0 Å². The van der Waals surface area contributed by atoms with Crippen molar-refractivity contribution in [2.45, 2.75) is 19.1 Å². The molecule has 0 saturated carbocycles. The van der Waals surface area contributed by atoms with Crippen molar-refractivity contribution >= 4 is 39.9 Å². The summed E-state index contributed by atoms with van der Waals surface area (Å²) in [6.45, 7) is 2.17. The first-order valence-corrected chi connectivity index (χ1v) is 5.40. The number of hydrogen-bond acceptors (Lipinski definition) is 2. The molecule has 0 radical (unpaired) electrons. The maximum atomic E-state index is 4.21. The van der Waals surface area contributed by atoms with E-state index in [0.29, 0.717) is 0 Å². The molecule has 0 saturated heterocycles. The Balaban J connectivity index is 2.92. The molecular weight excluding hydrogens is 228 g/mol.